The number of carbonyl (C=O) groups excluding carboxylic acids is 1. The van der Waals surface area contributed by atoms with E-state index in [0.717, 1.165) is 5.57 Å². The van der Waals surface area contributed by atoms with Crippen molar-refractivity contribution in [3.8, 4) is 0 Å². The lowest BCUT2D eigenvalue weighted by Gasteiger charge is -2.46. The van der Waals surface area contributed by atoms with Gasteiger partial charge >= 0.3 is 0 Å². The van der Waals surface area contributed by atoms with Crippen LogP contribution in [0.3, 0.4) is 0 Å². The van der Waals surface area contributed by atoms with Crippen LogP contribution in [0, 0.1) is 11.3 Å². The van der Waals surface area contributed by atoms with Crippen molar-refractivity contribution >= 4 is 32.8 Å². The van der Waals surface area contributed by atoms with Crippen molar-refractivity contribution in [2.45, 2.75) is 104 Å². The lowest BCUT2D eigenvalue weighted by atomic mass is 9.65. The number of allylic oxidation sites excluding steroid dienone is 1. The Hall–Kier alpha value is -2.32. The SMILES string of the molecule is C=C=C(CCCO[Si](c1ccccc1)(c1ccccc1)C(C)(C)C)[C@@H](O)C1=CC(=O)C[C@H](C)[C@@]1(C)CO[Si](C)(C)C(C)(C)C. The zero-order valence-electron chi connectivity index (χ0n) is 28.9. The molecule has 4 nitrogen and oxygen atoms in total. The van der Waals surface area contributed by atoms with E-state index in [1.54, 1.807) is 6.08 Å². The van der Waals surface area contributed by atoms with E-state index < -0.39 is 28.2 Å². The number of aliphatic hydroxyl groups is 1. The lowest BCUT2D eigenvalue weighted by Crippen LogP contribution is -2.66. The van der Waals surface area contributed by atoms with Gasteiger partial charge in [0.25, 0.3) is 8.32 Å². The monoisotopic (exact) mass is 632 g/mol. The third-order valence-electron chi connectivity index (χ3n) is 10.3. The third kappa shape index (κ3) is 7.55. The maximum absolute atomic E-state index is 12.8. The molecule has 0 amide bonds. The third-order valence-corrected chi connectivity index (χ3v) is 19.8. The standard InChI is InChI=1S/C38H56O4Si2/c1-12-30(35(40)34-27-31(39)26-29(2)38(34,9)28-42-43(10,11)36(3,4)5)20-19-25-41-44(37(6,7)8,32-21-15-13-16-22-32)33-23-17-14-18-24-33/h13-18,21-24,27,29,35,40H,1,19-20,25-26,28H2,2-11H3/t29-,35+,38+/m0/s1. The molecule has 1 aliphatic rings. The molecular formula is C38H56O4Si2. The molecule has 44 heavy (non-hydrogen) atoms. The van der Waals surface area contributed by atoms with Crippen molar-refractivity contribution in [3.63, 3.8) is 0 Å². The van der Waals surface area contributed by atoms with Crippen LogP contribution in [0.25, 0.3) is 0 Å². The molecular weight excluding hydrogens is 577 g/mol. The molecule has 0 heterocycles. The average Bonchev–Trinajstić information content (AvgIpc) is 2.95. The second-order valence-corrected chi connectivity index (χ2v) is 24.5. The molecule has 0 fully saturated rings. The Morgan fingerprint density at radius 3 is 1.95 bits per heavy atom. The maximum atomic E-state index is 12.8. The van der Waals surface area contributed by atoms with Crippen molar-refractivity contribution in [2.24, 2.45) is 11.3 Å². The van der Waals surface area contributed by atoms with Crippen LogP contribution in [0.1, 0.15) is 74.7 Å². The van der Waals surface area contributed by atoms with Crippen molar-refractivity contribution in [3.05, 3.63) is 90.2 Å². The van der Waals surface area contributed by atoms with Crippen molar-refractivity contribution in [2.75, 3.05) is 13.2 Å². The Labute approximate surface area is 269 Å². The van der Waals surface area contributed by atoms with Crippen LogP contribution in [0.15, 0.2) is 90.2 Å². The van der Waals surface area contributed by atoms with Gasteiger partial charge < -0.3 is 14.0 Å². The molecule has 1 aliphatic carbocycles. The van der Waals surface area contributed by atoms with Crippen molar-refractivity contribution < 1.29 is 18.8 Å². The van der Waals surface area contributed by atoms with Crippen LogP contribution in [0.5, 0.6) is 0 Å². The number of benzene rings is 2. The zero-order valence-corrected chi connectivity index (χ0v) is 30.9. The highest BCUT2D eigenvalue weighted by Gasteiger charge is 2.50. The first-order valence-corrected chi connectivity index (χ1v) is 20.9. The molecule has 0 unspecified atom stereocenters. The quantitative estimate of drug-likeness (QED) is 0.146. The number of hydrogen-bond donors (Lipinski definition) is 1. The maximum Gasteiger partial charge on any atom is 0.261 e. The van der Waals surface area contributed by atoms with Gasteiger partial charge in [0.15, 0.2) is 14.1 Å². The molecule has 0 aromatic heterocycles. The molecule has 3 rings (SSSR count). The molecule has 3 atom stereocenters. The minimum atomic E-state index is -2.65. The van der Waals surface area contributed by atoms with Crippen LogP contribution in [0.4, 0.5) is 0 Å². The van der Waals surface area contributed by atoms with Crippen molar-refractivity contribution in [1.82, 2.24) is 0 Å². The summed E-state index contributed by atoms with van der Waals surface area (Å²) in [5.41, 5.74) is 3.99. The Balaban J connectivity index is 1.84. The van der Waals surface area contributed by atoms with Crippen LogP contribution < -0.4 is 10.4 Å². The summed E-state index contributed by atoms with van der Waals surface area (Å²) in [6, 6.07) is 21.3. The largest absolute Gasteiger partial charge is 0.416 e. The molecule has 0 aliphatic heterocycles. The van der Waals surface area contributed by atoms with E-state index in [4.69, 9.17) is 8.85 Å². The van der Waals surface area contributed by atoms with Crippen LogP contribution in [-0.4, -0.2) is 46.8 Å². The molecule has 2 aromatic carbocycles. The van der Waals surface area contributed by atoms with Gasteiger partial charge in [0.1, 0.15) is 6.10 Å². The Morgan fingerprint density at radius 2 is 1.50 bits per heavy atom. The van der Waals surface area contributed by atoms with Gasteiger partial charge in [-0.25, -0.2) is 0 Å². The normalized spacial score (nSPS) is 20.6. The fourth-order valence-electron chi connectivity index (χ4n) is 6.13. The number of aliphatic hydroxyl groups excluding tert-OH is 1. The first kappa shape index (κ1) is 36.2. The first-order chi connectivity index (χ1) is 20.4. The average molecular weight is 633 g/mol. The van der Waals surface area contributed by atoms with Gasteiger partial charge in [-0.1, -0.05) is 123 Å². The van der Waals surface area contributed by atoms with Crippen molar-refractivity contribution in [1.29, 1.82) is 0 Å². The highest BCUT2D eigenvalue weighted by Crippen LogP contribution is 2.46. The zero-order chi connectivity index (χ0) is 33.0. The van der Waals surface area contributed by atoms with Gasteiger partial charge in [0.2, 0.25) is 0 Å². The minimum Gasteiger partial charge on any atom is -0.416 e. The lowest BCUT2D eigenvalue weighted by molar-refractivity contribution is -0.117. The van der Waals surface area contributed by atoms with Gasteiger partial charge in [0.05, 0.1) is 0 Å². The highest BCUT2D eigenvalue weighted by molar-refractivity contribution is 6.99. The smallest absolute Gasteiger partial charge is 0.261 e. The van der Waals surface area contributed by atoms with E-state index in [1.807, 2.05) is 0 Å². The van der Waals surface area contributed by atoms with Crippen LogP contribution >= 0.6 is 0 Å². The minimum absolute atomic E-state index is 0.0407. The number of carbonyl (C=O) groups is 1. The molecule has 0 spiro atoms. The van der Waals surface area contributed by atoms with E-state index in [1.165, 1.54) is 10.4 Å². The van der Waals surface area contributed by atoms with E-state index in [2.05, 4.69) is 141 Å². The number of ketones is 1. The molecule has 1 N–H and O–H groups in total. The summed E-state index contributed by atoms with van der Waals surface area (Å²) >= 11 is 0. The number of rotatable bonds is 12. The fraction of sp³-hybridized carbons (Fsp3) is 0.526. The Kier molecular flexibility index (Phi) is 11.5. The van der Waals surface area contributed by atoms with E-state index in [9.17, 15) is 9.90 Å². The second kappa shape index (κ2) is 14.0. The van der Waals surface area contributed by atoms with Crippen LogP contribution in [0.2, 0.25) is 23.2 Å². The van der Waals surface area contributed by atoms with Crippen LogP contribution in [-0.2, 0) is 13.6 Å². The van der Waals surface area contributed by atoms with E-state index in [-0.39, 0.29) is 21.8 Å². The fourth-order valence-corrected chi connectivity index (χ4v) is 11.8. The second-order valence-electron chi connectivity index (χ2n) is 15.4. The summed E-state index contributed by atoms with van der Waals surface area (Å²) in [5.74, 6) is 0.0914. The molecule has 0 radical (unpaired) electrons. The highest BCUT2D eigenvalue weighted by atomic mass is 28.4. The van der Waals surface area contributed by atoms with Gasteiger partial charge in [-0.2, -0.15) is 0 Å². The summed E-state index contributed by atoms with van der Waals surface area (Å²) in [7, 11) is -4.69. The number of hydrogen-bond acceptors (Lipinski definition) is 4. The topological polar surface area (TPSA) is 55.8 Å². The molecule has 240 valence electrons. The first-order valence-electron chi connectivity index (χ1n) is 16.1. The molecule has 2 aromatic rings. The molecule has 0 saturated carbocycles. The summed E-state index contributed by atoms with van der Waals surface area (Å²) in [5, 5.41) is 14.3. The van der Waals surface area contributed by atoms with E-state index >= 15 is 0 Å². The molecule has 0 bridgehead atoms. The van der Waals surface area contributed by atoms with Gasteiger partial charge in [0, 0.05) is 30.6 Å². The summed E-state index contributed by atoms with van der Waals surface area (Å²) in [6.07, 6.45) is 2.44. The Morgan fingerprint density at radius 1 is 0.977 bits per heavy atom. The van der Waals surface area contributed by atoms with Gasteiger partial charge in [-0.3, -0.25) is 4.79 Å². The summed E-state index contributed by atoms with van der Waals surface area (Å²) in [6.45, 7) is 27.2. The van der Waals surface area contributed by atoms with Gasteiger partial charge in [-0.05, 0) is 64.0 Å². The molecule has 0 saturated heterocycles. The summed E-state index contributed by atoms with van der Waals surface area (Å²) in [4.78, 5) is 12.8. The van der Waals surface area contributed by atoms with Gasteiger partial charge in [-0.15, -0.1) is 5.73 Å². The predicted molar refractivity (Wildman–Crippen MR) is 190 cm³/mol. The Bertz CT molecular complexity index is 1310. The predicted octanol–water partition coefficient (Wildman–Crippen LogP) is 7.98. The van der Waals surface area contributed by atoms with E-state index in [0.29, 0.717) is 38.0 Å². The summed E-state index contributed by atoms with van der Waals surface area (Å²) < 4.78 is 13.8. The molecule has 6 heteroatoms.